The Labute approximate surface area is 191 Å². The summed E-state index contributed by atoms with van der Waals surface area (Å²) in [5.74, 6) is 1.39. The zero-order chi connectivity index (χ0) is 21.4. The summed E-state index contributed by atoms with van der Waals surface area (Å²) in [7, 11) is 0. The number of allylic oxidation sites excluding steroid dienone is 2. The Hall–Kier alpha value is -1.85. The second kappa shape index (κ2) is 7.08. The summed E-state index contributed by atoms with van der Waals surface area (Å²) in [5, 5.41) is 3.76. The molecular weight excluding hydrogens is 435 g/mol. The van der Waals surface area contributed by atoms with E-state index in [0.29, 0.717) is 53.3 Å². The van der Waals surface area contributed by atoms with Crippen LogP contribution in [0.2, 0.25) is 10.0 Å². The van der Waals surface area contributed by atoms with Crippen molar-refractivity contribution in [2.75, 3.05) is 5.32 Å². The number of rotatable bonds is 3. The van der Waals surface area contributed by atoms with Crippen LogP contribution in [-0.2, 0) is 14.4 Å². The number of nitrogens with zero attached hydrogens (tertiary/aromatic N) is 1. The van der Waals surface area contributed by atoms with E-state index in [0.717, 1.165) is 0 Å². The Balaban J connectivity index is 1.11. The zero-order valence-corrected chi connectivity index (χ0v) is 18.5. The lowest BCUT2D eigenvalue weighted by Gasteiger charge is -2.37. The number of anilines is 1. The fourth-order valence-corrected chi connectivity index (χ4v) is 7.05. The number of carbonyl (C=O) groups excluding carboxylic acids is 3. The van der Waals surface area contributed by atoms with E-state index in [9.17, 15) is 14.4 Å². The normalized spacial score (nSPS) is 40.0. The highest BCUT2D eigenvalue weighted by molar-refractivity contribution is 6.42. The molecule has 4 fully saturated rings. The molecule has 0 radical (unpaired) electrons. The summed E-state index contributed by atoms with van der Waals surface area (Å²) in [5.41, 5.74) is 0.622. The molecule has 0 aromatic heterocycles. The first-order valence-electron chi connectivity index (χ1n) is 11.2. The van der Waals surface area contributed by atoms with Crippen LogP contribution in [0.5, 0.6) is 0 Å². The summed E-state index contributed by atoms with van der Waals surface area (Å²) in [6, 6.07) is 4.96. The van der Waals surface area contributed by atoms with Crippen molar-refractivity contribution in [3.8, 4) is 0 Å². The molecule has 1 aromatic carbocycles. The number of amides is 3. The van der Waals surface area contributed by atoms with Crippen molar-refractivity contribution in [2.45, 2.75) is 38.1 Å². The highest BCUT2D eigenvalue weighted by Crippen LogP contribution is 2.65. The van der Waals surface area contributed by atoms with Crippen LogP contribution in [0.3, 0.4) is 0 Å². The van der Waals surface area contributed by atoms with Gasteiger partial charge in [0.15, 0.2) is 0 Å². The highest BCUT2D eigenvalue weighted by Gasteiger charge is 2.67. The second-order valence-electron chi connectivity index (χ2n) is 9.82. The number of likely N-dealkylation sites (tertiary alicyclic amines) is 1. The van der Waals surface area contributed by atoms with Crippen molar-refractivity contribution in [2.24, 2.45) is 41.4 Å². The van der Waals surface area contributed by atoms with Crippen molar-refractivity contribution in [3.63, 3.8) is 0 Å². The van der Waals surface area contributed by atoms with Gasteiger partial charge in [0.1, 0.15) is 0 Å². The SMILES string of the molecule is O=C(Nc1ccc(Cl)c(Cl)c1)C1CCC(N2C(=O)[C@@H]3[C@H]4C=C[C@H]([C@H]5C[C@H]45)[C@@H]3C2=O)CC1. The van der Waals surface area contributed by atoms with E-state index >= 15 is 0 Å². The third kappa shape index (κ3) is 3.00. The largest absolute Gasteiger partial charge is 0.326 e. The van der Waals surface area contributed by atoms with Crippen LogP contribution in [0.25, 0.3) is 0 Å². The first-order chi connectivity index (χ1) is 14.9. The Morgan fingerprint density at radius 1 is 0.903 bits per heavy atom. The van der Waals surface area contributed by atoms with Crippen LogP contribution in [0, 0.1) is 41.4 Å². The number of hydrogen-bond donors (Lipinski definition) is 1. The zero-order valence-electron chi connectivity index (χ0n) is 17.0. The Bertz CT molecular complexity index is 980. The van der Waals surface area contributed by atoms with Crippen LogP contribution >= 0.6 is 23.2 Å². The van der Waals surface area contributed by atoms with E-state index in [1.807, 2.05) is 0 Å². The lowest BCUT2D eigenvalue weighted by molar-refractivity contribution is -0.144. The number of nitrogens with one attached hydrogen (secondary N) is 1. The van der Waals surface area contributed by atoms with Gasteiger partial charge in [-0.2, -0.15) is 0 Å². The minimum Gasteiger partial charge on any atom is -0.326 e. The molecular formula is C24H24Cl2N2O3. The fraction of sp³-hybridized carbons (Fsp3) is 0.542. The molecule has 0 unspecified atom stereocenters. The maximum atomic E-state index is 13.3. The lowest BCUT2D eigenvalue weighted by Crippen LogP contribution is -2.44. The second-order valence-corrected chi connectivity index (χ2v) is 10.6. The van der Waals surface area contributed by atoms with Crippen LogP contribution in [-0.4, -0.2) is 28.7 Å². The molecule has 0 spiro atoms. The molecule has 1 N–H and O–H groups in total. The molecule has 1 aliphatic heterocycles. The summed E-state index contributed by atoms with van der Waals surface area (Å²) in [6.45, 7) is 0. The molecule has 1 heterocycles. The Morgan fingerprint density at radius 2 is 1.52 bits per heavy atom. The number of benzene rings is 1. The van der Waals surface area contributed by atoms with Crippen molar-refractivity contribution in [1.82, 2.24) is 4.90 Å². The summed E-state index contributed by atoms with van der Waals surface area (Å²) >= 11 is 12.0. The van der Waals surface area contributed by atoms with Crippen LogP contribution in [0.4, 0.5) is 5.69 Å². The van der Waals surface area contributed by atoms with Gasteiger partial charge in [-0.15, -0.1) is 0 Å². The summed E-state index contributed by atoms with van der Waals surface area (Å²) in [6.07, 6.45) is 8.30. The first-order valence-corrected chi connectivity index (χ1v) is 12.0. The molecule has 7 rings (SSSR count). The molecule has 3 saturated carbocycles. The van der Waals surface area contributed by atoms with Gasteiger partial charge in [0.2, 0.25) is 17.7 Å². The average molecular weight is 459 g/mol. The van der Waals surface area contributed by atoms with Crippen LogP contribution in [0.15, 0.2) is 30.4 Å². The maximum Gasteiger partial charge on any atom is 0.233 e. The quantitative estimate of drug-likeness (QED) is 0.533. The topological polar surface area (TPSA) is 66.5 Å². The van der Waals surface area contributed by atoms with E-state index in [1.54, 1.807) is 23.1 Å². The van der Waals surface area contributed by atoms with Crippen molar-refractivity contribution in [1.29, 1.82) is 0 Å². The fourth-order valence-electron chi connectivity index (χ4n) is 6.75. The van der Waals surface area contributed by atoms with E-state index < -0.39 is 0 Å². The molecule has 7 heteroatoms. The molecule has 1 saturated heterocycles. The molecule has 162 valence electrons. The molecule has 31 heavy (non-hydrogen) atoms. The van der Waals surface area contributed by atoms with Gasteiger partial charge in [-0.25, -0.2) is 0 Å². The van der Waals surface area contributed by atoms with Crippen molar-refractivity contribution in [3.05, 3.63) is 40.4 Å². The summed E-state index contributed by atoms with van der Waals surface area (Å²) in [4.78, 5) is 40.9. The minimum absolute atomic E-state index is 0.0448. The first kappa shape index (κ1) is 19.8. The van der Waals surface area contributed by atoms with E-state index in [1.165, 1.54) is 6.42 Å². The number of halogens is 2. The molecule has 2 bridgehead atoms. The molecule has 6 atom stereocenters. The van der Waals surface area contributed by atoms with E-state index in [4.69, 9.17) is 23.2 Å². The van der Waals surface area contributed by atoms with Gasteiger partial charge in [-0.3, -0.25) is 19.3 Å². The van der Waals surface area contributed by atoms with Gasteiger partial charge in [0.05, 0.1) is 21.9 Å². The van der Waals surface area contributed by atoms with E-state index in [2.05, 4.69) is 17.5 Å². The predicted octanol–water partition coefficient (Wildman–Crippen LogP) is 4.54. The minimum atomic E-state index is -0.137. The molecule has 5 aliphatic carbocycles. The van der Waals surface area contributed by atoms with Gasteiger partial charge in [0, 0.05) is 17.6 Å². The Morgan fingerprint density at radius 3 is 2.10 bits per heavy atom. The third-order valence-corrected chi connectivity index (χ3v) is 9.06. The lowest BCUT2D eigenvalue weighted by atomic mass is 9.63. The molecule has 1 aromatic rings. The van der Waals surface area contributed by atoms with Crippen LogP contribution < -0.4 is 5.32 Å². The summed E-state index contributed by atoms with van der Waals surface area (Å²) < 4.78 is 0. The third-order valence-electron chi connectivity index (χ3n) is 8.32. The van der Waals surface area contributed by atoms with Gasteiger partial charge in [-0.05, 0) is 74.0 Å². The van der Waals surface area contributed by atoms with E-state index in [-0.39, 0.29) is 53.4 Å². The monoisotopic (exact) mass is 458 g/mol. The van der Waals surface area contributed by atoms with Gasteiger partial charge < -0.3 is 5.32 Å². The van der Waals surface area contributed by atoms with Gasteiger partial charge in [0.25, 0.3) is 0 Å². The van der Waals surface area contributed by atoms with Crippen molar-refractivity contribution >= 4 is 46.6 Å². The van der Waals surface area contributed by atoms with Gasteiger partial charge in [-0.1, -0.05) is 35.4 Å². The molecule has 3 amide bonds. The standard InChI is InChI=1S/C24H24Cl2N2O3/c25-18-8-3-12(9-19(18)26)27-22(29)11-1-4-13(5-2-11)28-23(30)20-14-6-7-15(17-10-16(14)17)21(20)24(28)31/h3,6-9,11,13-17,20-21H,1-2,4-5,10H2,(H,27,29)/t11?,13?,14-,15+,16-,17-,20+,21-/m1/s1. The molecule has 6 aliphatic rings. The maximum absolute atomic E-state index is 13.3. The Kier molecular flexibility index (Phi) is 4.52. The number of carbonyl (C=O) groups is 3. The molecule has 5 nitrogen and oxygen atoms in total. The predicted molar refractivity (Wildman–Crippen MR) is 117 cm³/mol. The number of imide groups is 1. The van der Waals surface area contributed by atoms with Crippen molar-refractivity contribution < 1.29 is 14.4 Å². The van der Waals surface area contributed by atoms with Crippen LogP contribution in [0.1, 0.15) is 32.1 Å². The number of hydrogen-bond acceptors (Lipinski definition) is 3. The smallest absolute Gasteiger partial charge is 0.233 e. The highest BCUT2D eigenvalue weighted by atomic mass is 35.5. The average Bonchev–Trinajstić information content (AvgIpc) is 3.54. The van der Waals surface area contributed by atoms with Gasteiger partial charge >= 0.3 is 0 Å².